The molecule has 0 aromatic heterocycles. The summed E-state index contributed by atoms with van der Waals surface area (Å²) >= 11 is 0. The van der Waals surface area contributed by atoms with Crippen molar-refractivity contribution in [3.63, 3.8) is 0 Å². The van der Waals surface area contributed by atoms with Crippen molar-refractivity contribution in [2.24, 2.45) is 5.92 Å². The van der Waals surface area contributed by atoms with E-state index in [1.807, 2.05) is 38.1 Å². The minimum Gasteiger partial charge on any atom is -0.481 e. The van der Waals surface area contributed by atoms with Crippen LogP contribution in [-0.4, -0.2) is 41.2 Å². The standard InChI is InChI=1S/C24H28NO6P/c1-16-9-5-8-12-20(16)24(3,17(2)13-14-21(26)27)32(30,31-4)15-25-22(28)18-10-6-7-11-19(18)23(25)29/h5-12,17H,13-15H2,1-4H3,(H,26,27). The number of amides is 2. The zero-order valence-corrected chi connectivity index (χ0v) is 19.6. The van der Waals surface area contributed by atoms with E-state index in [9.17, 15) is 24.1 Å². The van der Waals surface area contributed by atoms with Crippen LogP contribution in [-0.2, 0) is 19.0 Å². The number of fused-ring (bicyclic) bond motifs is 1. The molecule has 0 saturated carbocycles. The predicted molar refractivity (Wildman–Crippen MR) is 121 cm³/mol. The molecule has 0 bridgehead atoms. The molecule has 0 saturated heterocycles. The number of nitrogens with zero attached hydrogens (tertiary/aromatic N) is 1. The van der Waals surface area contributed by atoms with Crippen LogP contribution in [0.25, 0.3) is 0 Å². The third-order valence-corrected chi connectivity index (χ3v) is 9.99. The lowest BCUT2D eigenvalue weighted by atomic mass is 9.83. The maximum absolute atomic E-state index is 14.5. The fourth-order valence-electron chi connectivity index (χ4n) is 4.49. The second-order valence-electron chi connectivity index (χ2n) is 8.38. The summed E-state index contributed by atoms with van der Waals surface area (Å²) in [5, 5.41) is 8.09. The number of carboxylic acids is 1. The maximum Gasteiger partial charge on any atom is 0.303 e. The van der Waals surface area contributed by atoms with Gasteiger partial charge >= 0.3 is 5.97 Å². The van der Waals surface area contributed by atoms with Crippen LogP contribution in [0.5, 0.6) is 0 Å². The molecule has 2 aromatic rings. The first-order valence-electron chi connectivity index (χ1n) is 10.4. The summed E-state index contributed by atoms with van der Waals surface area (Å²) in [5.74, 6) is -2.33. The van der Waals surface area contributed by atoms with Gasteiger partial charge in [-0.2, -0.15) is 0 Å². The second kappa shape index (κ2) is 9.00. The monoisotopic (exact) mass is 457 g/mol. The zero-order chi connectivity index (χ0) is 23.7. The number of benzene rings is 2. The molecule has 0 radical (unpaired) electrons. The predicted octanol–water partition coefficient (Wildman–Crippen LogP) is 4.89. The van der Waals surface area contributed by atoms with E-state index in [4.69, 9.17) is 4.52 Å². The van der Waals surface area contributed by atoms with Gasteiger partial charge in [0.05, 0.1) is 16.3 Å². The molecule has 2 amide bonds. The van der Waals surface area contributed by atoms with Crippen molar-refractivity contribution in [3.8, 4) is 0 Å². The van der Waals surface area contributed by atoms with Gasteiger partial charge < -0.3 is 9.63 Å². The van der Waals surface area contributed by atoms with Gasteiger partial charge in [-0.15, -0.1) is 0 Å². The quantitative estimate of drug-likeness (QED) is 0.425. The first-order chi connectivity index (χ1) is 15.1. The summed E-state index contributed by atoms with van der Waals surface area (Å²) in [4.78, 5) is 38.2. The summed E-state index contributed by atoms with van der Waals surface area (Å²) < 4.78 is 20.2. The smallest absolute Gasteiger partial charge is 0.303 e. The number of hydrogen-bond acceptors (Lipinski definition) is 5. The molecule has 1 heterocycles. The van der Waals surface area contributed by atoms with Crippen molar-refractivity contribution < 1.29 is 28.6 Å². The minimum absolute atomic E-state index is 0.0978. The first kappa shape index (κ1) is 23.9. The lowest BCUT2D eigenvalue weighted by Crippen LogP contribution is -2.39. The second-order valence-corrected chi connectivity index (χ2v) is 11.3. The number of carbonyl (C=O) groups is 3. The van der Waals surface area contributed by atoms with Gasteiger partial charge in [0, 0.05) is 13.5 Å². The number of aryl methyl sites for hydroxylation is 1. The molecule has 2 aromatic carbocycles. The highest BCUT2D eigenvalue weighted by atomic mass is 31.2. The van der Waals surface area contributed by atoms with E-state index < -0.39 is 36.6 Å². The van der Waals surface area contributed by atoms with Gasteiger partial charge in [-0.1, -0.05) is 43.3 Å². The lowest BCUT2D eigenvalue weighted by molar-refractivity contribution is -0.137. The summed E-state index contributed by atoms with van der Waals surface area (Å²) in [5.41, 5.74) is 2.17. The third-order valence-electron chi connectivity index (χ3n) is 6.65. The molecule has 0 fully saturated rings. The highest BCUT2D eigenvalue weighted by Gasteiger charge is 2.53. The topological polar surface area (TPSA) is 101 Å². The van der Waals surface area contributed by atoms with Gasteiger partial charge in [0.25, 0.3) is 11.8 Å². The molecular weight excluding hydrogens is 429 g/mol. The zero-order valence-electron chi connectivity index (χ0n) is 18.7. The number of aliphatic carboxylic acids is 1. The van der Waals surface area contributed by atoms with Crippen molar-refractivity contribution in [2.75, 3.05) is 13.4 Å². The van der Waals surface area contributed by atoms with Crippen LogP contribution in [0.4, 0.5) is 0 Å². The van der Waals surface area contributed by atoms with E-state index in [1.54, 1.807) is 31.2 Å². The third kappa shape index (κ3) is 3.91. The Kier molecular flexibility index (Phi) is 6.72. The number of rotatable bonds is 9. The van der Waals surface area contributed by atoms with Gasteiger partial charge in [0.2, 0.25) is 7.37 Å². The van der Waals surface area contributed by atoms with E-state index in [0.29, 0.717) is 0 Å². The molecule has 7 nitrogen and oxygen atoms in total. The maximum atomic E-state index is 14.5. The van der Waals surface area contributed by atoms with Crippen molar-refractivity contribution in [2.45, 2.75) is 38.8 Å². The van der Waals surface area contributed by atoms with Crippen LogP contribution in [0.15, 0.2) is 48.5 Å². The summed E-state index contributed by atoms with van der Waals surface area (Å²) in [6, 6.07) is 13.9. The Bertz CT molecular complexity index is 1080. The molecule has 170 valence electrons. The van der Waals surface area contributed by atoms with Gasteiger partial charge in [0.1, 0.15) is 6.29 Å². The Balaban J connectivity index is 2.08. The van der Waals surface area contributed by atoms with E-state index in [-0.39, 0.29) is 29.9 Å². The van der Waals surface area contributed by atoms with Crippen LogP contribution in [0.3, 0.4) is 0 Å². The number of hydrogen-bond donors (Lipinski definition) is 1. The van der Waals surface area contributed by atoms with E-state index >= 15 is 0 Å². The Morgan fingerprint density at radius 1 is 1.09 bits per heavy atom. The Morgan fingerprint density at radius 3 is 2.12 bits per heavy atom. The molecule has 1 aliphatic heterocycles. The van der Waals surface area contributed by atoms with Crippen molar-refractivity contribution in [3.05, 3.63) is 70.8 Å². The molecule has 3 unspecified atom stereocenters. The molecule has 0 aliphatic carbocycles. The van der Waals surface area contributed by atoms with Crippen LogP contribution in [0, 0.1) is 12.8 Å². The van der Waals surface area contributed by atoms with Crippen molar-refractivity contribution in [1.29, 1.82) is 0 Å². The minimum atomic E-state index is -3.75. The van der Waals surface area contributed by atoms with Crippen molar-refractivity contribution in [1.82, 2.24) is 4.90 Å². The molecule has 0 spiro atoms. The largest absolute Gasteiger partial charge is 0.481 e. The SMILES string of the molecule is COP(=O)(CN1C(=O)c2ccccc2C1=O)C(C)(c1ccccc1C)C(C)CCC(=O)O. The van der Waals surface area contributed by atoms with E-state index in [0.717, 1.165) is 16.0 Å². The fraction of sp³-hybridized carbons (Fsp3) is 0.375. The number of carbonyl (C=O) groups excluding carboxylic acids is 2. The fourth-order valence-corrected chi connectivity index (χ4v) is 7.33. The van der Waals surface area contributed by atoms with Gasteiger partial charge in [0.15, 0.2) is 0 Å². The normalized spacial score (nSPS) is 18.1. The lowest BCUT2D eigenvalue weighted by Gasteiger charge is -2.43. The Hall–Kier alpha value is -2.76. The van der Waals surface area contributed by atoms with Crippen LogP contribution in [0.2, 0.25) is 0 Å². The van der Waals surface area contributed by atoms with Crippen LogP contribution >= 0.6 is 7.37 Å². The van der Waals surface area contributed by atoms with Crippen LogP contribution in [0.1, 0.15) is 58.5 Å². The summed E-state index contributed by atoms with van der Waals surface area (Å²) in [7, 11) is -2.43. The number of imide groups is 1. The molecule has 8 heteroatoms. The van der Waals surface area contributed by atoms with Gasteiger partial charge in [-0.3, -0.25) is 23.8 Å². The molecule has 3 rings (SSSR count). The molecule has 32 heavy (non-hydrogen) atoms. The average Bonchev–Trinajstić information content (AvgIpc) is 3.02. The summed E-state index contributed by atoms with van der Waals surface area (Å²) in [6.45, 7) is 5.51. The number of carboxylic acid groups (broad SMARTS) is 1. The highest BCUT2D eigenvalue weighted by Crippen LogP contribution is 2.68. The molecular formula is C24H28NO6P. The average molecular weight is 457 g/mol. The molecule has 3 atom stereocenters. The highest BCUT2D eigenvalue weighted by molar-refractivity contribution is 7.60. The van der Waals surface area contributed by atoms with Gasteiger partial charge in [-0.05, 0) is 49.4 Å². The Morgan fingerprint density at radius 2 is 1.62 bits per heavy atom. The molecule has 1 aliphatic rings. The van der Waals surface area contributed by atoms with E-state index in [1.165, 1.54) is 7.11 Å². The van der Waals surface area contributed by atoms with E-state index in [2.05, 4.69) is 0 Å². The van der Waals surface area contributed by atoms with Crippen molar-refractivity contribution >= 4 is 25.2 Å². The first-order valence-corrected chi connectivity index (χ1v) is 12.3. The Labute approximate surface area is 187 Å². The molecule has 1 N–H and O–H groups in total. The summed E-state index contributed by atoms with van der Waals surface area (Å²) in [6.07, 6.45) is -0.229. The van der Waals surface area contributed by atoms with Crippen LogP contribution < -0.4 is 0 Å². The van der Waals surface area contributed by atoms with Gasteiger partial charge in [-0.25, -0.2) is 0 Å².